The molecule has 5 heteroatoms. The Bertz CT molecular complexity index is 677. The predicted octanol–water partition coefficient (Wildman–Crippen LogP) is 3.03. The Labute approximate surface area is 152 Å². The Balaban J connectivity index is 1.37. The summed E-state index contributed by atoms with van der Waals surface area (Å²) in [6, 6.07) is 14.2. The number of hydrogen-bond acceptors (Lipinski definition) is 3. The zero-order chi connectivity index (χ0) is 17.5. The zero-order valence-electron chi connectivity index (χ0n) is 14.3. The van der Waals surface area contributed by atoms with Crippen molar-refractivity contribution in [1.29, 1.82) is 0 Å². The minimum Gasteiger partial charge on any atom is -0.353 e. The van der Waals surface area contributed by atoms with Gasteiger partial charge in [0, 0.05) is 30.4 Å². The summed E-state index contributed by atoms with van der Waals surface area (Å²) in [5.74, 6) is 0.295. The van der Waals surface area contributed by atoms with E-state index in [0.29, 0.717) is 12.8 Å². The van der Waals surface area contributed by atoms with Gasteiger partial charge in [0.1, 0.15) is 0 Å². The highest BCUT2D eigenvalue weighted by molar-refractivity contribution is 7.10. The molecule has 0 bridgehead atoms. The second-order valence-corrected chi connectivity index (χ2v) is 7.50. The maximum Gasteiger partial charge on any atom is 0.227 e. The summed E-state index contributed by atoms with van der Waals surface area (Å²) in [7, 11) is 0. The van der Waals surface area contributed by atoms with E-state index in [2.05, 4.69) is 5.32 Å². The van der Waals surface area contributed by atoms with Crippen LogP contribution >= 0.6 is 11.3 Å². The fourth-order valence-corrected chi connectivity index (χ4v) is 3.85. The zero-order valence-corrected chi connectivity index (χ0v) is 15.1. The summed E-state index contributed by atoms with van der Waals surface area (Å²) >= 11 is 1.62. The van der Waals surface area contributed by atoms with Gasteiger partial charge in [-0.1, -0.05) is 36.4 Å². The number of hydrogen-bond donors (Lipinski definition) is 1. The average molecular weight is 356 g/mol. The molecule has 0 saturated carbocycles. The lowest BCUT2D eigenvalue weighted by Gasteiger charge is -2.32. The van der Waals surface area contributed by atoms with E-state index in [-0.39, 0.29) is 17.9 Å². The number of rotatable bonds is 6. The molecule has 132 valence electrons. The molecule has 3 rings (SSSR count). The summed E-state index contributed by atoms with van der Waals surface area (Å²) in [4.78, 5) is 27.5. The molecule has 1 fully saturated rings. The molecule has 2 amide bonds. The highest BCUT2D eigenvalue weighted by Gasteiger charge is 2.23. The van der Waals surface area contributed by atoms with Gasteiger partial charge in [-0.25, -0.2) is 0 Å². The van der Waals surface area contributed by atoms with Crippen LogP contribution in [0, 0.1) is 0 Å². The summed E-state index contributed by atoms with van der Waals surface area (Å²) in [6.07, 6.45) is 3.46. The predicted molar refractivity (Wildman–Crippen MR) is 101 cm³/mol. The molecule has 1 N–H and O–H groups in total. The van der Waals surface area contributed by atoms with Gasteiger partial charge in [0.05, 0.1) is 6.42 Å². The van der Waals surface area contributed by atoms with Crippen molar-refractivity contribution in [1.82, 2.24) is 10.2 Å². The van der Waals surface area contributed by atoms with Crippen molar-refractivity contribution >= 4 is 23.2 Å². The van der Waals surface area contributed by atoms with Gasteiger partial charge < -0.3 is 10.2 Å². The molecule has 1 aliphatic heterocycles. The summed E-state index contributed by atoms with van der Waals surface area (Å²) in [5.41, 5.74) is 1.19. The van der Waals surface area contributed by atoms with Crippen LogP contribution in [0.4, 0.5) is 0 Å². The van der Waals surface area contributed by atoms with E-state index in [9.17, 15) is 9.59 Å². The third-order valence-electron chi connectivity index (χ3n) is 4.60. The highest BCUT2D eigenvalue weighted by Crippen LogP contribution is 2.15. The molecule has 1 aromatic heterocycles. The Morgan fingerprint density at radius 2 is 1.84 bits per heavy atom. The summed E-state index contributed by atoms with van der Waals surface area (Å²) in [5, 5.41) is 5.12. The Morgan fingerprint density at radius 3 is 2.52 bits per heavy atom. The molecule has 2 heterocycles. The molecule has 1 saturated heterocycles. The molecule has 0 unspecified atom stereocenters. The summed E-state index contributed by atoms with van der Waals surface area (Å²) in [6.45, 7) is 1.46. The number of piperidine rings is 1. The van der Waals surface area contributed by atoms with Crippen LogP contribution in [0.3, 0.4) is 0 Å². The van der Waals surface area contributed by atoms with Crippen molar-refractivity contribution in [3.05, 3.63) is 58.3 Å². The standard InChI is InChI=1S/C20H24N2O2S/c23-19(9-8-16-5-2-1-3-6-16)21-17-10-12-22(13-11-17)20(24)15-18-7-4-14-25-18/h1-7,14,17H,8-13,15H2,(H,21,23). The SMILES string of the molecule is O=C(CCc1ccccc1)NC1CCN(C(=O)Cc2cccs2)CC1. The van der Waals surface area contributed by atoms with E-state index in [4.69, 9.17) is 0 Å². The van der Waals surface area contributed by atoms with Crippen molar-refractivity contribution in [3.8, 4) is 0 Å². The fourth-order valence-electron chi connectivity index (χ4n) is 3.15. The maximum atomic E-state index is 12.3. The van der Waals surface area contributed by atoms with Gasteiger partial charge in [-0.3, -0.25) is 9.59 Å². The van der Waals surface area contributed by atoms with Crippen LogP contribution in [-0.4, -0.2) is 35.8 Å². The van der Waals surface area contributed by atoms with E-state index in [0.717, 1.165) is 37.2 Å². The van der Waals surface area contributed by atoms with E-state index in [1.54, 1.807) is 11.3 Å². The van der Waals surface area contributed by atoms with Crippen molar-refractivity contribution in [2.75, 3.05) is 13.1 Å². The van der Waals surface area contributed by atoms with Crippen LogP contribution < -0.4 is 5.32 Å². The molecular formula is C20H24N2O2S. The van der Waals surface area contributed by atoms with Gasteiger partial charge >= 0.3 is 0 Å². The highest BCUT2D eigenvalue weighted by atomic mass is 32.1. The van der Waals surface area contributed by atoms with E-state index in [1.807, 2.05) is 52.7 Å². The monoisotopic (exact) mass is 356 g/mol. The number of thiophene rings is 1. The van der Waals surface area contributed by atoms with Gasteiger partial charge in [0.15, 0.2) is 0 Å². The minimum atomic E-state index is 0.104. The third-order valence-corrected chi connectivity index (χ3v) is 5.48. The quantitative estimate of drug-likeness (QED) is 0.865. The third kappa shape index (κ3) is 5.43. The van der Waals surface area contributed by atoms with E-state index >= 15 is 0 Å². The number of carbonyl (C=O) groups excluding carboxylic acids is 2. The average Bonchev–Trinajstić information content (AvgIpc) is 3.14. The number of carbonyl (C=O) groups is 2. The lowest BCUT2D eigenvalue weighted by atomic mass is 10.0. The van der Waals surface area contributed by atoms with Crippen molar-refractivity contribution in [2.24, 2.45) is 0 Å². The molecular weight excluding hydrogens is 332 g/mol. The van der Waals surface area contributed by atoms with Crippen LogP contribution in [0.1, 0.15) is 29.7 Å². The lowest BCUT2D eigenvalue weighted by molar-refractivity contribution is -0.131. The molecule has 4 nitrogen and oxygen atoms in total. The molecule has 2 aromatic rings. The second kappa shape index (κ2) is 8.81. The molecule has 0 aliphatic carbocycles. The number of amides is 2. The van der Waals surface area contributed by atoms with Crippen LogP contribution in [0.2, 0.25) is 0 Å². The molecule has 25 heavy (non-hydrogen) atoms. The van der Waals surface area contributed by atoms with Crippen LogP contribution in [0.5, 0.6) is 0 Å². The molecule has 0 atom stereocenters. The molecule has 0 spiro atoms. The lowest BCUT2D eigenvalue weighted by Crippen LogP contribution is -2.46. The van der Waals surface area contributed by atoms with Crippen molar-refractivity contribution in [2.45, 2.75) is 38.1 Å². The maximum absolute atomic E-state index is 12.3. The first-order chi connectivity index (χ1) is 12.2. The molecule has 1 aromatic carbocycles. The van der Waals surface area contributed by atoms with Crippen LogP contribution in [0.15, 0.2) is 47.8 Å². The molecule has 0 radical (unpaired) electrons. The first-order valence-corrected chi connectivity index (χ1v) is 9.72. The number of nitrogens with one attached hydrogen (secondary N) is 1. The van der Waals surface area contributed by atoms with E-state index < -0.39 is 0 Å². The number of aryl methyl sites for hydroxylation is 1. The van der Waals surface area contributed by atoms with Crippen LogP contribution in [-0.2, 0) is 22.4 Å². The van der Waals surface area contributed by atoms with E-state index in [1.165, 1.54) is 5.56 Å². The van der Waals surface area contributed by atoms with Gasteiger partial charge in [0.2, 0.25) is 11.8 Å². The van der Waals surface area contributed by atoms with Gasteiger partial charge in [-0.2, -0.15) is 0 Å². The summed E-state index contributed by atoms with van der Waals surface area (Å²) < 4.78 is 0. The van der Waals surface area contributed by atoms with Crippen LogP contribution in [0.25, 0.3) is 0 Å². The number of benzene rings is 1. The largest absolute Gasteiger partial charge is 0.353 e. The van der Waals surface area contributed by atoms with Crippen molar-refractivity contribution in [3.63, 3.8) is 0 Å². The Hall–Kier alpha value is -2.14. The first kappa shape index (κ1) is 17.7. The Morgan fingerprint density at radius 1 is 1.08 bits per heavy atom. The second-order valence-electron chi connectivity index (χ2n) is 6.46. The fraction of sp³-hybridized carbons (Fsp3) is 0.400. The van der Waals surface area contributed by atoms with Gasteiger partial charge in [0.25, 0.3) is 0 Å². The minimum absolute atomic E-state index is 0.104. The normalized spacial score (nSPS) is 15.1. The van der Waals surface area contributed by atoms with Gasteiger partial charge in [-0.15, -0.1) is 11.3 Å². The van der Waals surface area contributed by atoms with Gasteiger partial charge in [-0.05, 0) is 36.3 Å². The smallest absolute Gasteiger partial charge is 0.227 e. The molecule has 1 aliphatic rings. The van der Waals surface area contributed by atoms with Crippen molar-refractivity contribution < 1.29 is 9.59 Å². The topological polar surface area (TPSA) is 49.4 Å². The number of likely N-dealkylation sites (tertiary alicyclic amines) is 1. The first-order valence-electron chi connectivity index (χ1n) is 8.84. The Kier molecular flexibility index (Phi) is 6.23. The number of nitrogens with zero attached hydrogens (tertiary/aromatic N) is 1.